The van der Waals surface area contributed by atoms with Gasteiger partial charge in [0.25, 0.3) is 5.91 Å². The second-order valence-corrected chi connectivity index (χ2v) is 5.36. The number of nitrogens with two attached hydrogens (primary N) is 1. The lowest BCUT2D eigenvalue weighted by atomic mass is 10.3. The Morgan fingerprint density at radius 1 is 1.35 bits per heavy atom. The maximum atomic E-state index is 13.5. The largest absolute Gasteiger partial charge is 0.323 e. The van der Waals surface area contributed by atoms with Gasteiger partial charge in [0.15, 0.2) is 0 Å². The summed E-state index contributed by atoms with van der Waals surface area (Å²) in [5.74, 6) is -1.66. The maximum Gasteiger partial charge on any atom is 0.323 e. The Morgan fingerprint density at radius 2 is 2.05 bits per heavy atom. The van der Waals surface area contributed by atoms with E-state index in [-0.39, 0.29) is 16.3 Å². The van der Waals surface area contributed by atoms with Gasteiger partial charge in [0.05, 0.1) is 10.6 Å². The number of aromatic nitrogens is 2. The molecule has 0 fully saturated rings. The van der Waals surface area contributed by atoms with Crippen LogP contribution in [0.4, 0.5) is 10.1 Å². The van der Waals surface area contributed by atoms with Gasteiger partial charge in [0, 0.05) is 6.20 Å². The van der Waals surface area contributed by atoms with Gasteiger partial charge >= 0.3 is 5.69 Å². The third-order valence-corrected chi connectivity index (χ3v) is 3.27. The van der Waals surface area contributed by atoms with Gasteiger partial charge in [0.1, 0.15) is 11.5 Å². The second kappa shape index (κ2) is 4.90. The molecule has 1 aromatic heterocycles. The monoisotopic (exact) mass is 300 g/mol. The zero-order chi connectivity index (χ0) is 14.9. The van der Waals surface area contributed by atoms with Crippen molar-refractivity contribution in [3.63, 3.8) is 0 Å². The number of rotatable bonds is 3. The first-order valence-corrected chi connectivity index (χ1v) is 6.73. The zero-order valence-corrected chi connectivity index (χ0v) is 10.6. The number of carbonyl (C=O) groups is 1. The Hall–Kier alpha value is -2.46. The molecule has 8 nitrogen and oxygen atoms in total. The van der Waals surface area contributed by atoms with Gasteiger partial charge in [-0.25, -0.2) is 22.7 Å². The van der Waals surface area contributed by atoms with Crippen molar-refractivity contribution in [2.45, 2.75) is 4.90 Å². The lowest BCUT2D eigenvalue weighted by Gasteiger charge is -2.06. The fourth-order valence-electron chi connectivity index (χ4n) is 1.42. The molecule has 0 aliphatic carbocycles. The molecule has 0 spiro atoms. The Labute approximate surface area is 111 Å². The van der Waals surface area contributed by atoms with E-state index in [1.165, 1.54) is 0 Å². The van der Waals surface area contributed by atoms with E-state index in [1.54, 1.807) is 0 Å². The highest BCUT2D eigenvalue weighted by atomic mass is 32.2. The van der Waals surface area contributed by atoms with Crippen LogP contribution in [0.5, 0.6) is 0 Å². The summed E-state index contributed by atoms with van der Waals surface area (Å²) in [7, 11) is -4.02. The fourth-order valence-corrected chi connectivity index (χ4v) is 1.96. The molecule has 5 N–H and O–H groups in total. The highest BCUT2D eigenvalue weighted by Gasteiger charge is 2.15. The fraction of sp³-hybridized carbons (Fsp3) is 0. The topological polar surface area (TPSA) is 138 Å². The molecule has 0 saturated carbocycles. The van der Waals surface area contributed by atoms with Crippen molar-refractivity contribution in [3.05, 3.63) is 46.4 Å². The number of H-pyrrole nitrogens is 2. The standard InChI is InChI=1S/C10H9FN4O4S/c11-6-2-1-5(20(12,18)19)3-7(6)14-9(16)8-4-13-10(17)15-8/h1-4H,(H,14,16)(H2,12,18,19)(H2,13,15,17). The van der Waals surface area contributed by atoms with E-state index in [4.69, 9.17) is 5.14 Å². The highest BCUT2D eigenvalue weighted by Crippen LogP contribution is 2.19. The van der Waals surface area contributed by atoms with Crippen molar-refractivity contribution in [2.75, 3.05) is 5.32 Å². The molecule has 0 aliphatic rings. The first-order valence-electron chi connectivity index (χ1n) is 5.19. The third-order valence-electron chi connectivity index (χ3n) is 2.35. The molecule has 0 aliphatic heterocycles. The minimum absolute atomic E-state index is 0.129. The minimum atomic E-state index is -4.02. The molecule has 106 valence electrons. The van der Waals surface area contributed by atoms with E-state index in [0.29, 0.717) is 0 Å². The van der Waals surface area contributed by atoms with Crippen LogP contribution in [0.1, 0.15) is 10.5 Å². The summed E-state index contributed by atoms with van der Waals surface area (Å²) >= 11 is 0. The van der Waals surface area contributed by atoms with E-state index in [9.17, 15) is 22.4 Å². The summed E-state index contributed by atoms with van der Waals surface area (Å²) in [5, 5.41) is 7.03. The number of aromatic amines is 2. The number of sulfonamides is 1. The van der Waals surface area contributed by atoms with Gasteiger partial charge < -0.3 is 15.3 Å². The van der Waals surface area contributed by atoms with E-state index < -0.39 is 27.4 Å². The summed E-state index contributed by atoms with van der Waals surface area (Å²) in [6.07, 6.45) is 1.10. The van der Waals surface area contributed by atoms with Crippen LogP contribution in [0.25, 0.3) is 0 Å². The maximum absolute atomic E-state index is 13.5. The molecular weight excluding hydrogens is 291 g/mol. The predicted octanol–water partition coefficient (Wildman–Crippen LogP) is -0.258. The minimum Gasteiger partial charge on any atom is -0.318 e. The number of primary sulfonamides is 1. The van der Waals surface area contributed by atoms with Gasteiger partial charge in [-0.05, 0) is 18.2 Å². The quantitative estimate of drug-likeness (QED) is 0.620. The number of benzene rings is 1. The van der Waals surface area contributed by atoms with Crippen molar-refractivity contribution >= 4 is 21.6 Å². The molecule has 10 heteroatoms. The molecule has 2 aromatic rings. The van der Waals surface area contributed by atoms with E-state index >= 15 is 0 Å². The normalized spacial score (nSPS) is 11.3. The van der Waals surface area contributed by atoms with Crippen molar-refractivity contribution in [1.29, 1.82) is 0 Å². The van der Waals surface area contributed by atoms with Crippen LogP contribution < -0.4 is 16.1 Å². The van der Waals surface area contributed by atoms with Crippen molar-refractivity contribution in [1.82, 2.24) is 9.97 Å². The molecule has 1 amide bonds. The number of hydrogen-bond acceptors (Lipinski definition) is 4. The molecule has 0 bridgehead atoms. The smallest absolute Gasteiger partial charge is 0.318 e. The van der Waals surface area contributed by atoms with Crippen molar-refractivity contribution in [2.24, 2.45) is 5.14 Å². The van der Waals surface area contributed by atoms with Gasteiger partial charge in [-0.3, -0.25) is 4.79 Å². The van der Waals surface area contributed by atoms with Crippen LogP contribution in [-0.4, -0.2) is 24.3 Å². The number of hydrogen-bond donors (Lipinski definition) is 4. The van der Waals surface area contributed by atoms with Crippen LogP contribution in [0.3, 0.4) is 0 Å². The van der Waals surface area contributed by atoms with Crippen molar-refractivity contribution in [3.8, 4) is 0 Å². The SMILES string of the molecule is NS(=O)(=O)c1ccc(F)c(NC(=O)c2c[nH]c(=O)[nH]2)c1. The lowest BCUT2D eigenvalue weighted by Crippen LogP contribution is -2.17. The molecule has 0 saturated heterocycles. The van der Waals surface area contributed by atoms with Gasteiger partial charge in [-0.15, -0.1) is 0 Å². The summed E-state index contributed by atoms with van der Waals surface area (Å²) in [5.41, 5.74) is -1.10. The van der Waals surface area contributed by atoms with E-state index in [1.807, 2.05) is 0 Å². The zero-order valence-electron chi connectivity index (χ0n) is 9.81. The number of amides is 1. The molecule has 20 heavy (non-hydrogen) atoms. The summed E-state index contributed by atoms with van der Waals surface area (Å²) in [4.78, 5) is 26.6. The van der Waals surface area contributed by atoms with Crippen LogP contribution in [0.15, 0.2) is 34.1 Å². The molecule has 1 aromatic carbocycles. The number of nitrogens with one attached hydrogen (secondary N) is 3. The average molecular weight is 300 g/mol. The highest BCUT2D eigenvalue weighted by molar-refractivity contribution is 7.89. The third kappa shape index (κ3) is 2.92. The van der Waals surface area contributed by atoms with Crippen molar-refractivity contribution < 1.29 is 17.6 Å². The predicted molar refractivity (Wildman–Crippen MR) is 67.1 cm³/mol. The lowest BCUT2D eigenvalue weighted by molar-refractivity contribution is 0.102. The first kappa shape index (κ1) is 14.0. The van der Waals surface area contributed by atoms with Crippen LogP contribution in [0, 0.1) is 5.82 Å². The molecule has 1 heterocycles. The molecule has 0 unspecified atom stereocenters. The van der Waals surface area contributed by atoms with Gasteiger partial charge in [-0.1, -0.05) is 0 Å². The Morgan fingerprint density at radius 3 is 2.60 bits per heavy atom. The number of anilines is 1. The van der Waals surface area contributed by atoms with E-state index in [2.05, 4.69) is 15.3 Å². The average Bonchev–Trinajstić information content (AvgIpc) is 2.77. The number of imidazole rings is 1. The number of halogens is 1. The van der Waals surface area contributed by atoms with Crippen LogP contribution in [-0.2, 0) is 10.0 Å². The summed E-state index contributed by atoms with van der Waals surface area (Å²) in [6.45, 7) is 0. The van der Waals surface area contributed by atoms with Crippen LogP contribution in [0.2, 0.25) is 0 Å². The molecule has 0 atom stereocenters. The van der Waals surface area contributed by atoms with Gasteiger partial charge in [0.2, 0.25) is 10.0 Å². The first-order chi connectivity index (χ1) is 9.27. The van der Waals surface area contributed by atoms with E-state index in [0.717, 1.165) is 24.4 Å². The van der Waals surface area contributed by atoms with Crippen LogP contribution >= 0.6 is 0 Å². The summed E-state index contributed by atoms with van der Waals surface area (Å²) in [6, 6.07) is 2.71. The number of carbonyl (C=O) groups excluding carboxylic acids is 1. The molecule has 0 radical (unpaired) electrons. The molecule has 2 rings (SSSR count). The Bertz CT molecular complexity index is 824. The van der Waals surface area contributed by atoms with Gasteiger partial charge in [-0.2, -0.15) is 0 Å². The Kier molecular flexibility index (Phi) is 3.42. The molecular formula is C10H9FN4O4S. The Balaban J connectivity index is 2.34. The second-order valence-electron chi connectivity index (χ2n) is 3.80. The summed E-state index contributed by atoms with van der Waals surface area (Å²) < 4.78 is 35.8.